The number of aromatic hydroxyl groups is 1. The van der Waals surface area contributed by atoms with E-state index in [1.165, 1.54) is 6.42 Å². The van der Waals surface area contributed by atoms with Crippen molar-refractivity contribution in [2.24, 2.45) is 0 Å². The highest BCUT2D eigenvalue weighted by Crippen LogP contribution is 2.55. The monoisotopic (exact) mass is 522 g/mol. The molecule has 0 bridgehead atoms. The molecule has 2 aliphatic rings. The van der Waals surface area contributed by atoms with Gasteiger partial charge in [0.2, 0.25) is 0 Å². The number of carboxylic acid groups (broad SMARTS) is 2. The van der Waals surface area contributed by atoms with Gasteiger partial charge in [-0.05, 0) is 59.6 Å². The molecule has 0 saturated heterocycles. The summed E-state index contributed by atoms with van der Waals surface area (Å²) in [7, 11) is 0. The SMILES string of the molecule is CC(C)(C)c1c(O)c(C(S)CC(=O)O)c(C2CCCCC2)c(C(S)CC(=O)O)c1C1CCCCC1. The maximum atomic E-state index is 11.9. The summed E-state index contributed by atoms with van der Waals surface area (Å²) < 4.78 is 0. The topological polar surface area (TPSA) is 94.8 Å². The van der Waals surface area contributed by atoms with Crippen LogP contribution in [0.1, 0.15) is 148 Å². The van der Waals surface area contributed by atoms with Crippen LogP contribution in [0, 0.1) is 0 Å². The molecular formula is C28H42O5S2. The van der Waals surface area contributed by atoms with Crippen LogP contribution >= 0.6 is 25.3 Å². The van der Waals surface area contributed by atoms with E-state index in [4.69, 9.17) is 25.3 Å². The van der Waals surface area contributed by atoms with Crippen molar-refractivity contribution >= 4 is 37.2 Å². The van der Waals surface area contributed by atoms with Crippen LogP contribution in [0.2, 0.25) is 0 Å². The molecule has 0 aliphatic heterocycles. The number of hydrogen-bond donors (Lipinski definition) is 5. The normalized spacial score (nSPS) is 19.9. The van der Waals surface area contributed by atoms with Crippen LogP contribution in [0.15, 0.2) is 0 Å². The number of carboxylic acids is 2. The predicted molar refractivity (Wildman–Crippen MR) is 146 cm³/mol. The number of benzene rings is 1. The Labute approximate surface area is 220 Å². The quantitative estimate of drug-likeness (QED) is 0.226. The molecule has 196 valence electrons. The van der Waals surface area contributed by atoms with Gasteiger partial charge in [0, 0.05) is 21.6 Å². The van der Waals surface area contributed by atoms with E-state index >= 15 is 0 Å². The van der Waals surface area contributed by atoms with Gasteiger partial charge >= 0.3 is 11.9 Å². The van der Waals surface area contributed by atoms with Gasteiger partial charge in [-0.15, -0.1) is 0 Å². The molecule has 2 atom stereocenters. The van der Waals surface area contributed by atoms with Gasteiger partial charge in [0.1, 0.15) is 5.75 Å². The van der Waals surface area contributed by atoms with Crippen LogP contribution in [0.3, 0.4) is 0 Å². The molecule has 2 fully saturated rings. The van der Waals surface area contributed by atoms with E-state index in [2.05, 4.69) is 20.8 Å². The predicted octanol–water partition coefficient (Wildman–Crippen LogP) is 7.68. The van der Waals surface area contributed by atoms with Crippen molar-refractivity contribution in [2.75, 3.05) is 0 Å². The molecule has 0 heterocycles. The lowest BCUT2D eigenvalue weighted by molar-refractivity contribution is -0.138. The van der Waals surface area contributed by atoms with E-state index in [9.17, 15) is 24.9 Å². The van der Waals surface area contributed by atoms with Crippen molar-refractivity contribution < 1.29 is 24.9 Å². The molecule has 35 heavy (non-hydrogen) atoms. The Balaban J connectivity index is 2.45. The maximum Gasteiger partial charge on any atom is 0.304 e. The molecular weight excluding hydrogens is 480 g/mol. The zero-order chi connectivity index (χ0) is 25.9. The molecule has 3 N–H and O–H groups in total. The zero-order valence-electron chi connectivity index (χ0n) is 21.3. The smallest absolute Gasteiger partial charge is 0.304 e. The van der Waals surface area contributed by atoms with Gasteiger partial charge < -0.3 is 15.3 Å². The van der Waals surface area contributed by atoms with Crippen LogP contribution in [0.5, 0.6) is 5.75 Å². The Morgan fingerprint density at radius 3 is 1.57 bits per heavy atom. The second kappa shape index (κ2) is 11.8. The van der Waals surface area contributed by atoms with Crippen molar-refractivity contribution in [3.8, 4) is 5.75 Å². The van der Waals surface area contributed by atoms with E-state index in [1.807, 2.05) is 0 Å². The minimum atomic E-state index is -0.970. The average Bonchev–Trinajstić information content (AvgIpc) is 2.77. The summed E-state index contributed by atoms with van der Waals surface area (Å²) in [4.78, 5) is 23.6. The number of hydrogen-bond acceptors (Lipinski definition) is 5. The Hall–Kier alpha value is -1.34. The van der Waals surface area contributed by atoms with Gasteiger partial charge in [0.15, 0.2) is 0 Å². The highest BCUT2D eigenvalue weighted by Gasteiger charge is 2.39. The summed E-state index contributed by atoms with van der Waals surface area (Å²) in [6.45, 7) is 6.20. The number of carbonyl (C=O) groups is 2. The highest BCUT2D eigenvalue weighted by molar-refractivity contribution is 7.80. The highest BCUT2D eigenvalue weighted by atomic mass is 32.1. The summed E-state index contributed by atoms with van der Waals surface area (Å²) in [6, 6.07) is 0. The standard InChI is InChI=1S/C28H42O5S2/c1-28(2,3)26-23(17-12-8-5-9-13-17)24(18(34)14-20(29)30)22(16-10-6-4-7-11-16)25(27(26)33)19(35)15-21(31)32/h16-19,33-35H,4-15H2,1-3H3,(H,29,30)(H,31,32). The van der Waals surface area contributed by atoms with Gasteiger partial charge in [-0.2, -0.15) is 25.3 Å². The minimum absolute atomic E-state index is 0.119. The van der Waals surface area contributed by atoms with Crippen molar-refractivity contribution in [1.82, 2.24) is 0 Å². The van der Waals surface area contributed by atoms with E-state index in [0.29, 0.717) is 5.56 Å². The molecule has 2 unspecified atom stereocenters. The van der Waals surface area contributed by atoms with E-state index in [-0.39, 0.29) is 30.4 Å². The van der Waals surface area contributed by atoms with Crippen molar-refractivity contribution in [2.45, 2.75) is 126 Å². The summed E-state index contributed by atoms with van der Waals surface area (Å²) in [6.07, 6.45) is 10.3. The lowest BCUT2D eigenvalue weighted by Gasteiger charge is -2.39. The number of phenolic OH excluding ortho intramolecular Hbond substituents is 1. The molecule has 3 rings (SSSR count). The minimum Gasteiger partial charge on any atom is -0.507 e. The summed E-state index contributed by atoms with van der Waals surface area (Å²) in [5.41, 5.74) is 3.96. The fourth-order valence-electron chi connectivity index (χ4n) is 6.45. The van der Waals surface area contributed by atoms with Crippen LogP contribution in [0.4, 0.5) is 0 Å². The van der Waals surface area contributed by atoms with E-state index in [1.54, 1.807) is 0 Å². The molecule has 0 radical (unpaired) electrons. The Bertz CT molecular complexity index is 925. The lowest BCUT2D eigenvalue weighted by Crippen LogP contribution is -2.25. The molecule has 7 heteroatoms. The first kappa shape index (κ1) is 28.2. The molecule has 2 saturated carbocycles. The van der Waals surface area contributed by atoms with Crippen molar-refractivity contribution in [3.63, 3.8) is 0 Å². The fraction of sp³-hybridized carbons (Fsp3) is 0.714. The van der Waals surface area contributed by atoms with Crippen LogP contribution in [-0.2, 0) is 15.0 Å². The van der Waals surface area contributed by atoms with Crippen LogP contribution in [0.25, 0.3) is 0 Å². The Morgan fingerprint density at radius 2 is 1.17 bits per heavy atom. The first-order valence-corrected chi connectivity index (χ1v) is 14.2. The van der Waals surface area contributed by atoms with Gasteiger partial charge in [0.05, 0.1) is 12.8 Å². The summed E-state index contributed by atoms with van der Waals surface area (Å²) in [5, 5.41) is 30.1. The molecule has 0 spiro atoms. The lowest BCUT2D eigenvalue weighted by atomic mass is 9.67. The van der Waals surface area contributed by atoms with Gasteiger partial charge in [-0.3, -0.25) is 9.59 Å². The molecule has 0 amide bonds. The summed E-state index contributed by atoms with van der Waals surface area (Å²) in [5.74, 6) is -1.34. The fourth-order valence-corrected chi connectivity index (χ4v) is 7.30. The second-order valence-electron chi connectivity index (χ2n) is 11.5. The van der Waals surface area contributed by atoms with E-state index in [0.717, 1.165) is 80.0 Å². The number of aliphatic carboxylic acids is 2. The third-order valence-electron chi connectivity index (χ3n) is 7.81. The van der Waals surface area contributed by atoms with Crippen molar-refractivity contribution in [3.05, 3.63) is 27.8 Å². The van der Waals surface area contributed by atoms with Crippen molar-refractivity contribution in [1.29, 1.82) is 0 Å². The Kier molecular flexibility index (Phi) is 9.52. The number of thiol groups is 2. The molecule has 1 aromatic rings. The number of rotatable bonds is 8. The van der Waals surface area contributed by atoms with Gasteiger partial charge in [-0.1, -0.05) is 59.3 Å². The molecule has 1 aromatic carbocycles. The van der Waals surface area contributed by atoms with Crippen LogP contribution < -0.4 is 0 Å². The Morgan fingerprint density at radius 1 is 0.771 bits per heavy atom. The first-order chi connectivity index (χ1) is 16.4. The molecule has 2 aliphatic carbocycles. The molecule has 0 aromatic heterocycles. The number of phenols is 1. The van der Waals surface area contributed by atoms with E-state index < -0.39 is 27.9 Å². The largest absolute Gasteiger partial charge is 0.507 e. The van der Waals surface area contributed by atoms with Crippen LogP contribution in [-0.4, -0.2) is 27.3 Å². The van der Waals surface area contributed by atoms with Gasteiger partial charge in [0.25, 0.3) is 0 Å². The zero-order valence-corrected chi connectivity index (χ0v) is 23.1. The van der Waals surface area contributed by atoms with Gasteiger partial charge in [-0.25, -0.2) is 0 Å². The maximum absolute atomic E-state index is 11.9. The second-order valence-corrected chi connectivity index (χ2v) is 12.8. The average molecular weight is 523 g/mol. The molecule has 5 nitrogen and oxygen atoms in total. The third-order valence-corrected chi connectivity index (χ3v) is 8.69. The third kappa shape index (κ3) is 6.51. The summed E-state index contributed by atoms with van der Waals surface area (Å²) >= 11 is 9.62. The first-order valence-electron chi connectivity index (χ1n) is 13.2.